The number of nitrogens with one attached hydrogen (secondary N) is 3. The number of nitrogens with zero attached hydrogens (tertiary/aromatic N) is 4. The maximum absolute atomic E-state index is 9.74. The average molecular weight is 486 g/mol. The highest BCUT2D eigenvalue weighted by Gasteiger charge is 2.11. The van der Waals surface area contributed by atoms with Crippen LogP contribution in [0.1, 0.15) is 33.6 Å². The van der Waals surface area contributed by atoms with Crippen molar-refractivity contribution in [2.45, 2.75) is 19.9 Å². The summed E-state index contributed by atoms with van der Waals surface area (Å²) in [5.41, 5.74) is 8.17. The number of rotatable bonds is 9. The van der Waals surface area contributed by atoms with Gasteiger partial charge in [0.1, 0.15) is 6.07 Å². The maximum Gasteiger partial charge on any atom is 0.103 e. The van der Waals surface area contributed by atoms with Gasteiger partial charge in [0.15, 0.2) is 0 Å². The highest BCUT2D eigenvalue weighted by molar-refractivity contribution is 5.90. The summed E-state index contributed by atoms with van der Waals surface area (Å²) in [6.07, 6.45) is 13.8. The number of nitriles is 1. The zero-order valence-electron chi connectivity index (χ0n) is 20.6. The first-order chi connectivity index (χ1) is 18.2. The number of aromatic amines is 1. The van der Waals surface area contributed by atoms with E-state index in [1.165, 1.54) is 5.56 Å². The third kappa shape index (κ3) is 5.72. The lowest BCUT2D eigenvalue weighted by Crippen LogP contribution is -2.17. The molecule has 0 amide bonds. The number of hydrogen-bond acceptors (Lipinski definition) is 6. The number of H-pyrrole nitrogens is 1. The molecule has 182 valence electrons. The first-order valence-corrected chi connectivity index (χ1v) is 12.2. The molecule has 0 spiro atoms. The second-order valence-electron chi connectivity index (χ2n) is 8.74. The lowest BCUT2D eigenvalue weighted by atomic mass is 10.1. The van der Waals surface area contributed by atoms with E-state index in [9.17, 15) is 5.26 Å². The SMILES string of the molecule is Cc1c(Nc2c(C#N)cncc2/C=C/c2cccc(CNCCc3cccnc3)n2)ccc2[nH]ccc12. The molecule has 0 aliphatic rings. The van der Waals surface area contributed by atoms with E-state index >= 15 is 0 Å². The minimum Gasteiger partial charge on any atom is -0.361 e. The van der Waals surface area contributed by atoms with Crippen LogP contribution in [0.2, 0.25) is 0 Å². The molecule has 0 unspecified atom stereocenters. The highest BCUT2D eigenvalue weighted by atomic mass is 14.9. The summed E-state index contributed by atoms with van der Waals surface area (Å²) in [7, 11) is 0. The summed E-state index contributed by atoms with van der Waals surface area (Å²) in [4.78, 5) is 16.4. The van der Waals surface area contributed by atoms with E-state index in [-0.39, 0.29) is 0 Å². The molecular formula is C30H27N7. The van der Waals surface area contributed by atoms with Crippen molar-refractivity contribution in [1.29, 1.82) is 5.26 Å². The Labute approximate surface area is 216 Å². The zero-order chi connectivity index (χ0) is 25.5. The molecule has 7 heteroatoms. The van der Waals surface area contributed by atoms with Gasteiger partial charge in [-0.1, -0.05) is 12.1 Å². The first-order valence-electron chi connectivity index (χ1n) is 12.2. The average Bonchev–Trinajstić information content (AvgIpc) is 3.43. The monoisotopic (exact) mass is 485 g/mol. The summed E-state index contributed by atoms with van der Waals surface area (Å²) in [5, 5.41) is 17.8. The number of aryl methyl sites for hydroxylation is 1. The van der Waals surface area contributed by atoms with Crippen LogP contribution >= 0.6 is 0 Å². The molecule has 5 aromatic rings. The molecule has 0 bridgehead atoms. The molecule has 7 nitrogen and oxygen atoms in total. The molecule has 0 fully saturated rings. The Morgan fingerprint density at radius 1 is 1.00 bits per heavy atom. The molecule has 5 rings (SSSR count). The Hall–Kier alpha value is -4.80. The predicted molar refractivity (Wildman–Crippen MR) is 148 cm³/mol. The van der Waals surface area contributed by atoms with Gasteiger partial charge in [-0.3, -0.25) is 15.0 Å². The van der Waals surface area contributed by atoms with E-state index in [2.05, 4.69) is 50.7 Å². The van der Waals surface area contributed by atoms with Gasteiger partial charge in [0, 0.05) is 59.7 Å². The van der Waals surface area contributed by atoms with E-state index in [4.69, 9.17) is 4.98 Å². The number of aromatic nitrogens is 4. The maximum atomic E-state index is 9.74. The third-order valence-electron chi connectivity index (χ3n) is 6.24. The van der Waals surface area contributed by atoms with Crippen molar-refractivity contribution in [3.63, 3.8) is 0 Å². The van der Waals surface area contributed by atoms with Crippen LogP contribution in [0, 0.1) is 18.3 Å². The quantitative estimate of drug-likeness (QED) is 0.229. The molecule has 4 heterocycles. The van der Waals surface area contributed by atoms with Crippen molar-refractivity contribution in [2.24, 2.45) is 0 Å². The van der Waals surface area contributed by atoms with Crippen LogP contribution < -0.4 is 10.6 Å². The number of hydrogen-bond donors (Lipinski definition) is 3. The summed E-state index contributed by atoms with van der Waals surface area (Å²) >= 11 is 0. The van der Waals surface area contributed by atoms with Crippen molar-refractivity contribution in [2.75, 3.05) is 11.9 Å². The van der Waals surface area contributed by atoms with Gasteiger partial charge in [-0.25, -0.2) is 0 Å². The van der Waals surface area contributed by atoms with Crippen LogP contribution in [0.5, 0.6) is 0 Å². The standard InChI is InChI=1S/C30H27N7/c1-21-27-12-15-35-29(27)10-9-28(21)37-30-23(18-34-19-24(30)16-31)7-8-25-5-2-6-26(36-25)20-33-14-11-22-4-3-13-32-17-22/h2-10,12-13,15,17-19,33,35H,11,14,20H2,1H3,(H,34,37)/b8-7+. The molecule has 0 saturated heterocycles. The van der Waals surface area contributed by atoms with Gasteiger partial charge >= 0.3 is 0 Å². The Bertz CT molecular complexity index is 1580. The van der Waals surface area contributed by atoms with Gasteiger partial charge in [0.05, 0.1) is 22.6 Å². The predicted octanol–water partition coefficient (Wildman–Crippen LogP) is 5.78. The third-order valence-corrected chi connectivity index (χ3v) is 6.24. The second-order valence-corrected chi connectivity index (χ2v) is 8.74. The molecule has 0 aliphatic heterocycles. The topological polar surface area (TPSA) is 102 Å². The van der Waals surface area contributed by atoms with E-state index in [0.29, 0.717) is 12.1 Å². The summed E-state index contributed by atoms with van der Waals surface area (Å²) in [6.45, 7) is 3.60. The smallest absolute Gasteiger partial charge is 0.103 e. The first kappa shape index (κ1) is 23.9. The van der Waals surface area contributed by atoms with Crippen molar-refractivity contribution in [3.8, 4) is 6.07 Å². The van der Waals surface area contributed by atoms with Gasteiger partial charge in [0.2, 0.25) is 0 Å². The van der Waals surface area contributed by atoms with Gasteiger partial charge in [-0.2, -0.15) is 5.26 Å². The lowest BCUT2D eigenvalue weighted by molar-refractivity contribution is 0.673. The second kappa shape index (κ2) is 11.3. The number of benzene rings is 1. The Morgan fingerprint density at radius 2 is 1.95 bits per heavy atom. The van der Waals surface area contributed by atoms with Crippen LogP contribution in [-0.4, -0.2) is 26.5 Å². The van der Waals surface area contributed by atoms with Crippen LogP contribution in [0.4, 0.5) is 11.4 Å². The van der Waals surface area contributed by atoms with Crippen molar-refractivity contribution >= 4 is 34.4 Å². The molecule has 0 aliphatic carbocycles. The van der Waals surface area contributed by atoms with Crippen LogP contribution in [-0.2, 0) is 13.0 Å². The van der Waals surface area contributed by atoms with Crippen molar-refractivity contribution in [1.82, 2.24) is 25.3 Å². The van der Waals surface area contributed by atoms with E-state index in [1.807, 2.05) is 60.9 Å². The minimum absolute atomic E-state index is 0.482. The Balaban J connectivity index is 1.31. The number of fused-ring (bicyclic) bond motifs is 1. The van der Waals surface area contributed by atoms with E-state index in [1.54, 1.807) is 18.6 Å². The Morgan fingerprint density at radius 3 is 2.81 bits per heavy atom. The van der Waals surface area contributed by atoms with Gasteiger partial charge < -0.3 is 15.6 Å². The molecule has 3 N–H and O–H groups in total. The highest BCUT2D eigenvalue weighted by Crippen LogP contribution is 2.31. The fraction of sp³-hybridized carbons (Fsp3) is 0.133. The van der Waals surface area contributed by atoms with Crippen molar-refractivity contribution in [3.05, 3.63) is 113 Å². The van der Waals surface area contributed by atoms with Crippen LogP contribution in [0.3, 0.4) is 0 Å². The fourth-order valence-corrected chi connectivity index (χ4v) is 4.24. The zero-order valence-corrected chi connectivity index (χ0v) is 20.6. The fourth-order valence-electron chi connectivity index (χ4n) is 4.24. The lowest BCUT2D eigenvalue weighted by Gasteiger charge is -2.14. The van der Waals surface area contributed by atoms with E-state index < -0.39 is 0 Å². The normalized spacial score (nSPS) is 11.1. The van der Waals surface area contributed by atoms with Crippen molar-refractivity contribution < 1.29 is 0 Å². The summed E-state index contributed by atoms with van der Waals surface area (Å²) in [6, 6.07) is 18.4. The summed E-state index contributed by atoms with van der Waals surface area (Å²) in [5.74, 6) is 0. The minimum atomic E-state index is 0.482. The summed E-state index contributed by atoms with van der Waals surface area (Å²) < 4.78 is 0. The van der Waals surface area contributed by atoms with E-state index in [0.717, 1.165) is 57.8 Å². The molecule has 37 heavy (non-hydrogen) atoms. The molecule has 1 aromatic carbocycles. The molecule has 0 radical (unpaired) electrons. The van der Waals surface area contributed by atoms with Crippen LogP contribution in [0.25, 0.3) is 23.1 Å². The van der Waals surface area contributed by atoms with Gasteiger partial charge in [-0.05, 0) is 79.6 Å². The number of pyridine rings is 3. The number of anilines is 2. The van der Waals surface area contributed by atoms with Crippen LogP contribution in [0.15, 0.2) is 79.5 Å². The Kier molecular flexibility index (Phi) is 7.30. The molecule has 0 atom stereocenters. The molecule has 0 saturated carbocycles. The van der Waals surface area contributed by atoms with Gasteiger partial charge in [0.25, 0.3) is 0 Å². The van der Waals surface area contributed by atoms with Gasteiger partial charge in [-0.15, -0.1) is 0 Å². The largest absolute Gasteiger partial charge is 0.361 e. The molecular weight excluding hydrogens is 458 g/mol. The molecule has 4 aromatic heterocycles.